The average Bonchev–Trinajstić information content (AvgIpc) is 3.17. The second-order valence-electron chi connectivity index (χ2n) is 6.41. The molecule has 2 aromatic carbocycles. The summed E-state index contributed by atoms with van der Waals surface area (Å²) in [5.41, 5.74) is 2.21. The lowest BCUT2D eigenvalue weighted by molar-refractivity contribution is -0.129. The number of alkyl halides is 2. The molecular formula is C21H19ClF2N2O3S. The van der Waals surface area contributed by atoms with E-state index in [1.807, 2.05) is 23.6 Å². The highest BCUT2D eigenvalue weighted by Crippen LogP contribution is 2.31. The molecular weight excluding hydrogens is 434 g/mol. The van der Waals surface area contributed by atoms with Gasteiger partial charge in [0.1, 0.15) is 5.01 Å². The molecule has 0 aliphatic heterocycles. The Morgan fingerprint density at radius 1 is 1.23 bits per heavy atom. The lowest BCUT2D eigenvalue weighted by Crippen LogP contribution is -2.27. The maximum atomic E-state index is 12.6. The number of carbonyl (C=O) groups is 1. The van der Waals surface area contributed by atoms with Crippen molar-refractivity contribution in [1.82, 2.24) is 9.88 Å². The molecule has 0 unspecified atom stereocenters. The molecule has 5 nitrogen and oxygen atoms in total. The molecule has 0 radical (unpaired) electrons. The largest absolute Gasteiger partial charge is 0.493 e. The first kappa shape index (κ1) is 22.0. The summed E-state index contributed by atoms with van der Waals surface area (Å²) in [7, 11) is 3.03. The van der Waals surface area contributed by atoms with Crippen LogP contribution in [0, 0.1) is 0 Å². The number of rotatable bonds is 8. The summed E-state index contributed by atoms with van der Waals surface area (Å²) >= 11 is 7.64. The van der Waals surface area contributed by atoms with E-state index in [2.05, 4.69) is 9.72 Å². The number of hydrogen-bond donors (Lipinski definition) is 0. The minimum atomic E-state index is -2.94. The molecule has 0 aliphatic rings. The fraction of sp³-hybridized carbons (Fsp3) is 0.238. The monoisotopic (exact) mass is 452 g/mol. The van der Waals surface area contributed by atoms with Crippen molar-refractivity contribution < 1.29 is 23.0 Å². The average molecular weight is 453 g/mol. The highest BCUT2D eigenvalue weighted by Gasteiger charge is 2.16. The van der Waals surface area contributed by atoms with Gasteiger partial charge in [-0.3, -0.25) is 4.79 Å². The Labute approximate surface area is 181 Å². The summed E-state index contributed by atoms with van der Waals surface area (Å²) in [6, 6.07) is 12.0. The second-order valence-corrected chi connectivity index (χ2v) is 7.68. The van der Waals surface area contributed by atoms with Gasteiger partial charge in [-0.25, -0.2) is 4.98 Å². The SMILES string of the molecule is COc1cc(CN(C)C(=O)Cc2csc(-c3ccccc3Cl)n2)ccc1OC(F)F. The van der Waals surface area contributed by atoms with Crippen molar-refractivity contribution in [2.75, 3.05) is 14.2 Å². The first-order valence-electron chi connectivity index (χ1n) is 8.92. The van der Waals surface area contributed by atoms with Crippen molar-refractivity contribution in [3.63, 3.8) is 0 Å². The predicted molar refractivity (Wildman–Crippen MR) is 112 cm³/mol. The molecule has 1 amide bonds. The number of likely N-dealkylation sites (N-methyl/N-ethyl adjacent to an activating group) is 1. The minimum Gasteiger partial charge on any atom is -0.493 e. The molecule has 0 N–H and O–H groups in total. The summed E-state index contributed by atoms with van der Waals surface area (Å²) in [4.78, 5) is 18.7. The topological polar surface area (TPSA) is 51.7 Å². The quantitative estimate of drug-likeness (QED) is 0.467. The van der Waals surface area contributed by atoms with Crippen LogP contribution in [0.3, 0.4) is 0 Å². The van der Waals surface area contributed by atoms with Crippen LogP contribution in [0.4, 0.5) is 8.78 Å². The second kappa shape index (κ2) is 9.86. The van der Waals surface area contributed by atoms with Gasteiger partial charge < -0.3 is 14.4 Å². The van der Waals surface area contributed by atoms with Crippen LogP contribution in [0.2, 0.25) is 5.02 Å². The summed E-state index contributed by atoms with van der Waals surface area (Å²) in [5, 5.41) is 3.20. The summed E-state index contributed by atoms with van der Waals surface area (Å²) in [5.74, 6) is -0.00443. The van der Waals surface area contributed by atoms with E-state index in [0.29, 0.717) is 10.7 Å². The van der Waals surface area contributed by atoms with Crippen LogP contribution in [0.1, 0.15) is 11.3 Å². The lowest BCUT2D eigenvalue weighted by atomic mass is 10.2. The zero-order chi connectivity index (χ0) is 21.7. The normalized spacial score (nSPS) is 10.9. The molecule has 0 saturated heterocycles. The third-order valence-electron chi connectivity index (χ3n) is 4.28. The zero-order valence-corrected chi connectivity index (χ0v) is 17.8. The van der Waals surface area contributed by atoms with Crippen LogP contribution in [-0.4, -0.2) is 36.6 Å². The molecule has 0 spiro atoms. The van der Waals surface area contributed by atoms with Crippen LogP contribution in [0.5, 0.6) is 11.5 Å². The number of benzene rings is 2. The van der Waals surface area contributed by atoms with Gasteiger partial charge in [0.05, 0.1) is 24.2 Å². The number of methoxy groups -OCH3 is 1. The van der Waals surface area contributed by atoms with Gasteiger partial charge >= 0.3 is 6.61 Å². The highest BCUT2D eigenvalue weighted by atomic mass is 35.5. The van der Waals surface area contributed by atoms with E-state index in [1.165, 1.54) is 29.4 Å². The molecule has 158 valence electrons. The van der Waals surface area contributed by atoms with Gasteiger partial charge in [-0.05, 0) is 23.8 Å². The van der Waals surface area contributed by atoms with E-state index >= 15 is 0 Å². The molecule has 3 aromatic rings. The number of ether oxygens (including phenoxy) is 2. The van der Waals surface area contributed by atoms with E-state index in [-0.39, 0.29) is 30.4 Å². The Hall–Kier alpha value is -2.71. The van der Waals surface area contributed by atoms with Crippen molar-refractivity contribution in [2.45, 2.75) is 19.6 Å². The van der Waals surface area contributed by atoms with Gasteiger partial charge in [0.15, 0.2) is 11.5 Å². The van der Waals surface area contributed by atoms with E-state index < -0.39 is 6.61 Å². The van der Waals surface area contributed by atoms with Crippen molar-refractivity contribution in [3.8, 4) is 22.1 Å². The third kappa shape index (κ3) is 5.46. The fourth-order valence-corrected chi connectivity index (χ4v) is 3.94. The maximum absolute atomic E-state index is 12.6. The number of thiazole rings is 1. The molecule has 0 atom stereocenters. The van der Waals surface area contributed by atoms with Gasteiger partial charge in [0, 0.05) is 24.5 Å². The van der Waals surface area contributed by atoms with Gasteiger partial charge in [0.2, 0.25) is 5.91 Å². The minimum absolute atomic E-state index is 0.0557. The Morgan fingerprint density at radius 3 is 2.70 bits per heavy atom. The number of halogens is 3. The molecule has 9 heteroatoms. The van der Waals surface area contributed by atoms with E-state index in [4.69, 9.17) is 16.3 Å². The molecule has 0 fully saturated rings. The van der Waals surface area contributed by atoms with E-state index in [0.717, 1.165) is 16.1 Å². The van der Waals surface area contributed by atoms with Gasteiger partial charge in [-0.2, -0.15) is 8.78 Å². The summed E-state index contributed by atoms with van der Waals surface area (Å²) in [6.45, 7) is -2.66. The zero-order valence-electron chi connectivity index (χ0n) is 16.3. The Kier molecular flexibility index (Phi) is 7.23. The van der Waals surface area contributed by atoms with Crippen LogP contribution in [-0.2, 0) is 17.8 Å². The first-order valence-corrected chi connectivity index (χ1v) is 10.2. The van der Waals surface area contributed by atoms with Gasteiger partial charge in [-0.1, -0.05) is 35.9 Å². The van der Waals surface area contributed by atoms with Crippen molar-refractivity contribution >= 4 is 28.8 Å². The molecule has 0 bridgehead atoms. The van der Waals surface area contributed by atoms with Gasteiger partial charge in [-0.15, -0.1) is 11.3 Å². The molecule has 1 aromatic heterocycles. The van der Waals surface area contributed by atoms with Crippen LogP contribution >= 0.6 is 22.9 Å². The number of hydrogen-bond acceptors (Lipinski definition) is 5. The Morgan fingerprint density at radius 2 is 2.00 bits per heavy atom. The number of nitrogens with zero attached hydrogens (tertiary/aromatic N) is 2. The van der Waals surface area contributed by atoms with Crippen molar-refractivity contribution in [1.29, 1.82) is 0 Å². The molecule has 1 heterocycles. The van der Waals surface area contributed by atoms with Crippen molar-refractivity contribution in [2.24, 2.45) is 0 Å². The van der Waals surface area contributed by atoms with E-state index in [1.54, 1.807) is 25.2 Å². The number of carbonyl (C=O) groups excluding carboxylic acids is 1. The lowest BCUT2D eigenvalue weighted by Gasteiger charge is -2.18. The highest BCUT2D eigenvalue weighted by molar-refractivity contribution is 7.13. The third-order valence-corrected chi connectivity index (χ3v) is 5.53. The molecule has 0 saturated carbocycles. The van der Waals surface area contributed by atoms with Crippen LogP contribution < -0.4 is 9.47 Å². The molecule has 30 heavy (non-hydrogen) atoms. The number of aromatic nitrogens is 1. The molecule has 3 rings (SSSR count). The molecule has 0 aliphatic carbocycles. The Balaban J connectivity index is 1.65. The smallest absolute Gasteiger partial charge is 0.387 e. The van der Waals surface area contributed by atoms with Gasteiger partial charge in [0.25, 0.3) is 0 Å². The predicted octanol–water partition coefficient (Wildman–Crippen LogP) is 5.27. The Bertz CT molecular complexity index is 1030. The maximum Gasteiger partial charge on any atom is 0.387 e. The fourth-order valence-electron chi connectivity index (χ4n) is 2.80. The van der Waals surface area contributed by atoms with E-state index in [9.17, 15) is 13.6 Å². The summed E-state index contributed by atoms with van der Waals surface area (Å²) < 4.78 is 34.4. The first-order chi connectivity index (χ1) is 14.4. The van der Waals surface area contributed by atoms with Crippen LogP contribution in [0.25, 0.3) is 10.6 Å². The standard InChI is InChI=1S/C21H19ClF2N2O3S/c1-26(11-13-7-8-17(29-21(23)24)18(9-13)28-2)19(27)10-14-12-30-20(25-14)15-5-3-4-6-16(15)22/h3-9,12,21H,10-11H2,1-2H3. The summed E-state index contributed by atoms with van der Waals surface area (Å²) in [6.07, 6.45) is 0.140. The van der Waals surface area contributed by atoms with Crippen molar-refractivity contribution in [3.05, 3.63) is 64.1 Å². The van der Waals surface area contributed by atoms with Crippen LogP contribution in [0.15, 0.2) is 47.8 Å². The number of amides is 1.